The van der Waals surface area contributed by atoms with Crippen LogP contribution in [0.5, 0.6) is 0 Å². The fraction of sp³-hybridized carbons (Fsp3) is 1.00. The molecule has 0 radical (unpaired) electrons. The maximum atomic E-state index is 5.62. The van der Waals surface area contributed by atoms with Gasteiger partial charge in [0.25, 0.3) is 0 Å². The molecule has 0 rings (SSSR count). The van der Waals surface area contributed by atoms with E-state index >= 15 is 0 Å². The number of unbranched alkanes of at least 4 members (excludes halogenated alkanes) is 1. The van der Waals surface area contributed by atoms with Crippen LogP contribution in [0.1, 0.15) is 40.0 Å². The fourth-order valence-corrected chi connectivity index (χ4v) is 2.11. The zero-order valence-electron chi connectivity index (χ0n) is 14.1. The lowest BCUT2D eigenvalue weighted by Crippen LogP contribution is -2.35. The number of alkyl halides is 1. The monoisotopic (exact) mass is 367 g/mol. The van der Waals surface area contributed by atoms with E-state index in [-0.39, 0.29) is 0 Å². The van der Waals surface area contributed by atoms with Gasteiger partial charge in [0.15, 0.2) is 0 Å². The van der Waals surface area contributed by atoms with Crippen LogP contribution in [-0.4, -0.2) is 69.0 Å². The molecule has 0 aromatic rings. The van der Waals surface area contributed by atoms with Gasteiger partial charge in [-0.15, -0.1) is 0 Å². The molecule has 0 spiro atoms. The Bertz CT molecular complexity index is 206. The Morgan fingerprint density at radius 2 is 1.38 bits per heavy atom. The van der Waals surface area contributed by atoms with Crippen molar-refractivity contribution < 1.29 is 14.2 Å². The number of hydrogen-bond acceptors (Lipinski definition) is 4. The predicted molar refractivity (Wildman–Crippen MR) is 92.5 cm³/mol. The Kier molecular flexibility index (Phi) is 16.9. The smallest absolute Gasteiger partial charge is 0.0701 e. The Morgan fingerprint density at radius 1 is 0.810 bits per heavy atom. The van der Waals surface area contributed by atoms with E-state index in [4.69, 9.17) is 14.2 Å². The van der Waals surface area contributed by atoms with Gasteiger partial charge < -0.3 is 14.2 Å². The molecule has 21 heavy (non-hydrogen) atoms. The highest BCUT2D eigenvalue weighted by atomic mass is 79.9. The Labute approximate surface area is 139 Å². The van der Waals surface area contributed by atoms with Gasteiger partial charge in [-0.3, -0.25) is 4.90 Å². The average Bonchev–Trinajstić information content (AvgIpc) is 2.47. The molecule has 0 saturated carbocycles. The van der Waals surface area contributed by atoms with E-state index in [2.05, 4.69) is 41.6 Å². The molecular formula is C16H34BrNO3. The molecule has 0 aliphatic carbocycles. The summed E-state index contributed by atoms with van der Waals surface area (Å²) in [4.78, 5) is 2.45. The Balaban J connectivity index is 3.29. The summed E-state index contributed by atoms with van der Waals surface area (Å²) in [6, 6.07) is 0.573. The van der Waals surface area contributed by atoms with Gasteiger partial charge in [-0.1, -0.05) is 29.3 Å². The van der Waals surface area contributed by atoms with Crippen LogP contribution < -0.4 is 0 Å². The summed E-state index contributed by atoms with van der Waals surface area (Å²) in [5, 5.41) is 1.06. The predicted octanol–water partition coefficient (Wildman–Crippen LogP) is 3.33. The number of halogens is 1. The number of hydrogen-bond donors (Lipinski definition) is 0. The highest BCUT2D eigenvalue weighted by Gasteiger charge is 2.08. The first-order chi connectivity index (χ1) is 10.2. The average molecular weight is 368 g/mol. The lowest BCUT2D eigenvalue weighted by molar-refractivity contribution is 0.00875. The first-order valence-corrected chi connectivity index (χ1v) is 9.37. The van der Waals surface area contributed by atoms with E-state index in [9.17, 15) is 0 Å². The maximum Gasteiger partial charge on any atom is 0.0701 e. The van der Waals surface area contributed by atoms with Crippen molar-refractivity contribution in [3.8, 4) is 0 Å². The second-order valence-electron chi connectivity index (χ2n) is 5.36. The summed E-state index contributed by atoms with van der Waals surface area (Å²) in [6.07, 6.45) is 3.49. The van der Waals surface area contributed by atoms with Gasteiger partial charge >= 0.3 is 0 Å². The highest BCUT2D eigenvalue weighted by molar-refractivity contribution is 9.09. The third kappa shape index (κ3) is 15.0. The minimum Gasteiger partial charge on any atom is -0.379 e. The molecule has 0 amide bonds. The molecule has 0 aromatic heterocycles. The van der Waals surface area contributed by atoms with E-state index in [1.807, 2.05) is 0 Å². The molecule has 0 aromatic carbocycles. The molecule has 4 nitrogen and oxygen atoms in total. The van der Waals surface area contributed by atoms with Crippen molar-refractivity contribution in [1.29, 1.82) is 0 Å². The largest absolute Gasteiger partial charge is 0.379 e. The van der Waals surface area contributed by atoms with Crippen LogP contribution in [0.2, 0.25) is 0 Å². The first kappa shape index (κ1) is 21.3. The quantitative estimate of drug-likeness (QED) is 0.309. The number of ether oxygens (including phenoxy) is 3. The maximum absolute atomic E-state index is 5.62. The van der Waals surface area contributed by atoms with E-state index in [0.717, 1.165) is 38.1 Å². The summed E-state index contributed by atoms with van der Waals surface area (Å²) >= 11 is 3.48. The normalized spacial score (nSPS) is 11.7. The summed E-state index contributed by atoms with van der Waals surface area (Å²) in [6.45, 7) is 13.0. The zero-order valence-corrected chi connectivity index (χ0v) is 15.7. The third-order valence-corrected chi connectivity index (χ3v) is 3.78. The van der Waals surface area contributed by atoms with Gasteiger partial charge in [-0.25, -0.2) is 0 Å². The SMILES string of the molecule is CCCCOCCOCCOCCN(CCCBr)C(C)C. The van der Waals surface area contributed by atoms with Crippen molar-refractivity contribution in [3.05, 3.63) is 0 Å². The van der Waals surface area contributed by atoms with Crippen molar-refractivity contribution in [2.24, 2.45) is 0 Å². The van der Waals surface area contributed by atoms with Gasteiger partial charge in [0.05, 0.1) is 33.0 Å². The van der Waals surface area contributed by atoms with Gasteiger partial charge in [0, 0.05) is 24.5 Å². The minimum atomic E-state index is 0.573. The molecule has 0 bridgehead atoms. The molecule has 0 fully saturated rings. The van der Waals surface area contributed by atoms with E-state index in [0.29, 0.717) is 32.5 Å². The molecule has 0 unspecified atom stereocenters. The molecule has 0 saturated heterocycles. The zero-order chi connectivity index (χ0) is 15.8. The van der Waals surface area contributed by atoms with E-state index < -0.39 is 0 Å². The molecule has 0 N–H and O–H groups in total. The molecule has 0 aliphatic rings. The fourth-order valence-electron chi connectivity index (χ4n) is 1.86. The second-order valence-corrected chi connectivity index (χ2v) is 6.16. The van der Waals surface area contributed by atoms with E-state index in [1.165, 1.54) is 12.8 Å². The summed E-state index contributed by atoms with van der Waals surface area (Å²) in [5.74, 6) is 0. The number of nitrogens with zero attached hydrogens (tertiary/aromatic N) is 1. The summed E-state index contributed by atoms with van der Waals surface area (Å²) < 4.78 is 16.5. The molecular weight excluding hydrogens is 334 g/mol. The van der Waals surface area contributed by atoms with E-state index in [1.54, 1.807) is 0 Å². The van der Waals surface area contributed by atoms with Crippen LogP contribution in [0.25, 0.3) is 0 Å². The molecule has 0 aliphatic heterocycles. The van der Waals surface area contributed by atoms with Crippen LogP contribution in [0.15, 0.2) is 0 Å². The Morgan fingerprint density at radius 3 is 1.90 bits per heavy atom. The lowest BCUT2D eigenvalue weighted by Gasteiger charge is -2.25. The van der Waals surface area contributed by atoms with Crippen LogP contribution in [0, 0.1) is 0 Å². The van der Waals surface area contributed by atoms with Crippen molar-refractivity contribution >= 4 is 15.9 Å². The molecule has 5 heteroatoms. The third-order valence-electron chi connectivity index (χ3n) is 3.22. The summed E-state index contributed by atoms with van der Waals surface area (Å²) in [7, 11) is 0. The van der Waals surface area contributed by atoms with Crippen molar-refractivity contribution in [3.63, 3.8) is 0 Å². The van der Waals surface area contributed by atoms with Crippen LogP contribution in [0.3, 0.4) is 0 Å². The van der Waals surface area contributed by atoms with Crippen molar-refractivity contribution in [2.75, 3.05) is 58.1 Å². The van der Waals surface area contributed by atoms with Gasteiger partial charge in [-0.2, -0.15) is 0 Å². The number of rotatable bonds is 16. The van der Waals surface area contributed by atoms with Gasteiger partial charge in [-0.05, 0) is 33.2 Å². The molecule has 0 heterocycles. The highest BCUT2D eigenvalue weighted by Crippen LogP contribution is 2.01. The van der Waals surface area contributed by atoms with Gasteiger partial charge in [0.2, 0.25) is 0 Å². The van der Waals surface area contributed by atoms with Crippen molar-refractivity contribution in [2.45, 2.75) is 46.1 Å². The van der Waals surface area contributed by atoms with Crippen LogP contribution >= 0.6 is 15.9 Å². The van der Waals surface area contributed by atoms with Crippen molar-refractivity contribution in [1.82, 2.24) is 4.90 Å². The lowest BCUT2D eigenvalue weighted by atomic mass is 10.3. The van der Waals surface area contributed by atoms with Gasteiger partial charge in [0.1, 0.15) is 0 Å². The standard InChI is InChI=1S/C16H34BrNO3/c1-4-5-10-19-12-14-21-15-13-20-11-9-18(16(2)3)8-6-7-17/h16H,4-15H2,1-3H3. The first-order valence-electron chi connectivity index (χ1n) is 8.25. The van der Waals surface area contributed by atoms with Crippen LogP contribution in [0.4, 0.5) is 0 Å². The topological polar surface area (TPSA) is 30.9 Å². The second kappa shape index (κ2) is 16.7. The molecule has 128 valence electrons. The Hall–Kier alpha value is 0.320. The summed E-state index contributed by atoms with van der Waals surface area (Å²) in [5.41, 5.74) is 0. The minimum absolute atomic E-state index is 0.573. The van der Waals surface area contributed by atoms with Crippen LogP contribution in [-0.2, 0) is 14.2 Å². The molecule has 0 atom stereocenters.